The van der Waals surface area contributed by atoms with Gasteiger partial charge in [-0.05, 0) is 51.5 Å². The molecular weight excluding hydrogens is 434 g/mol. The summed E-state index contributed by atoms with van der Waals surface area (Å²) in [5.74, 6) is -1.44. The summed E-state index contributed by atoms with van der Waals surface area (Å²) < 4.78 is 8.29. The number of rotatable bonds is 8. The summed E-state index contributed by atoms with van der Waals surface area (Å²) in [5, 5.41) is 2.58. The number of carbonyl (C=O) groups excluding carboxylic acids is 3. The summed E-state index contributed by atoms with van der Waals surface area (Å²) in [7, 11) is 1.72. The fourth-order valence-electron chi connectivity index (χ4n) is 3.63. The summed E-state index contributed by atoms with van der Waals surface area (Å²) in [5.41, 5.74) is 3.32. The molecule has 1 N–H and O–H groups in total. The van der Waals surface area contributed by atoms with E-state index in [-0.39, 0.29) is 24.3 Å². The largest absolute Gasteiger partial charge is 0.453 e. The Kier molecular flexibility index (Phi) is 7.50. The minimum Gasteiger partial charge on any atom is -0.453 e. The van der Waals surface area contributed by atoms with Crippen LogP contribution in [-0.2, 0) is 21.4 Å². The zero-order valence-corrected chi connectivity index (χ0v) is 20.0. The van der Waals surface area contributed by atoms with Crippen LogP contribution in [0.1, 0.15) is 46.9 Å². The highest BCUT2D eigenvalue weighted by Crippen LogP contribution is 2.16. The number of ether oxygens (including phenoxy) is 1. The van der Waals surface area contributed by atoms with E-state index in [0.717, 1.165) is 11.1 Å². The van der Waals surface area contributed by atoms with Gasteiger partial charge in [0.05, 0.1) is 17.8 Å². The average Bonchev–Trinajstić information content (AvgIpc) is 3.02. The van der Waals surface area contributed by atoms with Crippen LogP contribution in [0.4, 0.5) is 5.69 Å². The number of nitrogens with one attached hydrogen (secondary N) is 1. The number of aryl methyl sites for hydroxylation is 2. The molecule has 1 heterocycles. The van der Waals surface area contributed by atoms with Gasteiger partial charge in [0.1, 0.15) is 5.69 Å². The van der Waals surface area contributed by atoms with Crippen molar-refractivity contribution in [2.75, 3.05) is 5.32 Å². The molecule has 0 saturated heterocycles. The minimum absolute atomic E-state index is 0.0168. The third-order valence-corrected chi connectivity index (χ3v) is 5.73. The monoisotopic (exact) mass is 463 g/mol. The van der Waals surface area contributed by atoms with Gasteiger partial charge in [0, 0.05) is 19.0 Å². The van der Waals surface area contributed by atoms with Gasteiger partial charge in [0.2, 0.25) is 0 Å². The number of carbonyl (C=O) groups is 3. The third kappa shape index (κ3) is 5.33. The highest BCUT2D eigenvalue weighted by Gasteiger charge is 2.23. The highest BCUT2D eigenvalue weighted by atomic mass is 16.5. The summed E-state index contributed by atoms with van der Waals surface area (Å²) in [4.78, 5) is 50.3. The predicted molar refractivity (Wildman–Crippen MR) is 129 cm³/mol. The fraction of sp³-hybridized carbons (Fsp3) is 0.308. The number of esters is 1. The maximum Gasteiger partial charge on any atom is 0.307 e. The lowest BCUT2D eigenvalue weighted by Gasteiger charge is -2.13. The Hall–Kier alpha value is -3.94. The molecule has 2 aromatic carbocycles. The molecule has 0 aliphatic rings. The van der Waals surface area contributed by atoms with Crippen LogP contribution in [0.3, 0.4) is 0 Å². The zero-order chi connectivity index (χ0) is 25.0. The number of para-hydroxylation sites is 1. The number of benzene rings is 2. The average molecular weight is 464 g/mol. The van der Waals surface area contributed by atoms with Gasteiger partial charge in [-0.2, -0.15) is 0 Å². The highest BCUT2D eigenvalue weighted by molar-refractivity contribution is 5.99. The smallest absolute Gasteiger partial charge is 0.307 e. The van der Waals surface area contributed by atoms with Crippen molar-refractivity contribution in [1.29, 1.82) is 0 Å². The van der Waals surface area contributed by atoms with Crippen LogP contribution >= 0.6 is 0 Å². The van der Waals surface area contributed by atoms with Gasteiger partial charge >= 0.3 is 5.97 Å². The molecule has 34 heavy (non-hydrogen) atoms. The molecule has 8 heteroatoms. The molecule has 0 spiro atoms. The van der Waals surface area contributed by atoms with Crippen molar-refractivity contribution in [3.63, 3.8) is 0 Å². The van der Waals surface area contributed by atoms with Gasteiger partial charge in [0.15, 0.2) is 11.9 Å². The van der Waals surface area contributed by atoms with Gasteiger partial charge in [-0.25, -0.2) is 4.68 Å². The second kappa shape index (κ2) is 10.3. The molecular formula is C26H29N3O5. The number of nitrogens with zero attached hydrogens (tertiary/aromatic N) is 2. The molecule has 1 amide bonds. The van der Waals surface area contributed by atoms with Crippen LogP contribution < -0.4 is 10.9 Å². The molecule has 1 atom stereocenters. The minimum atomic E-state index is -1.13. The molecule has 0 bridgehead atoms. The van der Waals surface area contributed by atoms with Crippen LogP contribution in [0.25, 0.3) is 5.69 Å². The molecule has 0 aliphatic heterocycles. The lowest BCUT2D eigenvalue weighted by Crippen LogP contribution is -2.32. The lowest BCUT2D eigenvalue weighted by atomic mass is 9.99. The van der Waals surface area contributed by atoms with E-state index in [9.17, 15) is 19.2 Å². The Labute approximate surface area is 198 Å². The van der Waals surface area contributed by atoms with Crippen molar-refractivity contribution in [2.24, 2.45) is 7.05 Å². The maximum absolute atomic E-state index is 12.9. The number of hydrogen-bond acceptors (Lipinski definition) is 5. The Morgan fingerprint density at radius 2 is 1.68 bits per heavy atom. The van der Waals surface area contributed by atoms with Crippen molar-refractivity contribution < 1.29 is 19.1 Å². The molecule has 8 nitrogen and oxygen atoms in total. The Bertz CT molecular complexity index is 1290. The zero-order valence-electron chi connectivity index (χ0n) is 20.0. The second-order valence-electron chi connectivity index (χ2n) is 8.30. The van der Waals surface area contributed by atoms with Gasteiger partial charge < -0.3 is 10.1 Å². The van der Waals surface area contributed by atoms with Crippen molar-refractivity contribution in [1.82, 2.24) is 9.36 Å². The van der Waals surface area contributed by atoms with Gasteiger partial charge in [-0.1, -0.05) is 35.9 Å². The van der Waals surface area contributed by atoms with Gasteiger partial charge in [-0.3, -0.25) is 23.9 Å². The van der Waals surface area contributed by atoms with E-state index >= 15 is 0 Å². The maximum atomic E-state index is 12.9. The Morgan fingerprint density at radius 1 is 1.00 bits per heavy atom. The van der Waals surface area contributed by atoms with E-state index < -0.39 is 23.5 Å². The number of aromatic nitrogens is 2. The summed E-state index contributed by atoms with van der Waals surface area (Å²) in [6.07, 6.45) is -1.29. The van der Waals surface area contributed by atoms with Gasteiger partial charge in [-0.15, -0.1) is 0 Å². The first kappa shape index (κ1) is 24.7. The van der Waals surface area contributed by atoms with Crippen LogP contribution in [0.15, 0.2) is 53.3 Å². The second-order valence-corrected chi connectivity index (χ2v) is 8.30. The quantitative estimate of drug-likeness (QED) is 0.406. The molecule has 0 saturated carbocycles. The number of anilines is 1. The molecule has 0 radical (unpaired) electrons. The van der Waals surface area contributed by atoms with Crippen molar-refractivity contribution in [2.45, 2.75) is 46.6 Å². The van der Waals surface area contributed by atoms with Crippen molar-refractivity contribution in [3.05, 3.63) is 81.3 Å². The standard InChI is InChI=1S/C26H29N3O5/c1-16-11-12-17(2)21(15-16)22(30)13-14-23(31)34-19(4)25(32)27-24-18(3)28(5)29(26(24)33)20-9-7-6-8-10-20/h6-12,15,19H,13-14H2,1-5H3,(H,27,32). The van der Waals surface area contributed by atoms with E-state index in [1.807, 2.05) is 44.2 Å². The van der Waals surface area contributed by atoms with Crippen LogP contribution in [0, 0.1) is 20.8 Å². The van der Waals surface area contributed by atoms with Crippen molar-refractivity contribution in [3.8, 4) is 5.69 Å². The first-order valence-corrected chi connectivity index (χ1v) is 11.0. The Morgan fingerprint density at radius 3 is 2.35 bits per heavy atom. The van der Waals surface area contributed by atoms with Crippen LogP contribution in [-0.4, -0.2) is 33.1 Å². The van der Waals surface area contributed by atoms with Crippen LogP contribution in [0.5, 0.6) is 0 Å². The molecule has 0 aliphatic carbocycles. The van der Waals surface area contributed by atoms with E-state index in [0.29, 0.717) is 16.9 Å². The summed E-state index contributed by atoms with van der Waals surface area (Å²) in [6, 6.07) is 14.6. The molecule has 3 aromatic rings. The topological polar surface area (TPSA) is 99.4 Å². The van der Waals surface area contributed by atoms with E-state index in [1.165, 1.54) is 11.6 Å². The van der Waals surface area contributed by atoms with Gasteiger partial charge in [0.25, 0.3) is 11.5 Å². The van der Waals surface area contributed by atoms with E-state index in [4.69, 9.17) is 4.74 Å². The number of amides is 1. The number of Topliss-reactive ketones (excluding diaryl/α,β-unsaturated/α-hetero) is 1. The van der Waals surface area contributed by atoms with E-state index in [1.54, 1.807) is 36.9 Å². The summed E-state index contributed by atoms with van der Waals surface area (Å²) >= 11 is 0. The molecule has 178 valence electrons. The molecule has 1 aromatic heterocycles. The van der Waals surface area contributed by atoms with Crippen molar-refractivity contribution >= 4 is 23.3 Å². The SMILES string of the molecule is Cc1ccc(C)c(C(=O)CCC(=O)OC(C)C(=O)Nc2c(C)n(C)n(-c3ccccc3)c2=O)c1. The fourth-order valence-corrected chi connectivity index (χ4v) is 3.63. The van der Waals surface area contributed by atoms with Crippen LogP contribution in [0.2, 0.25) is 0 Å². The normalized spacial score (nSPS) is 11.7. The molecule has 1 unspecified atom stereocenters. The number of ketones is 1. The molecule has 3 rings (SSSR count). The van der Waals surface area contributed by atoms with E-state index in [2.05, 4.69) is 5.32 Å². The summed E-state index contributed by atoms with van der Waals surface area (Å²) in [6.45, 7) is 6.88. The first-order valence-electron chi connectivity index (χ1n) is 11.0. The first-order chi connectivity index (χ1) is 16.1. The number of hydrogen-bond donors (Lipinski definition) is 1. The predicted octanol–water partition coefficient (Wildman–Crippen LogP) is 3.63. The lowest BCUT2D eigenvalue weighted by molar-refractivity contribution is -0.153. The Balaban J connectivity index is 1.62. The molecule has 0 fully saturated rings. The third-order valence-electron chi connectivity index (χ3n) is 5.73.